The Labute approximate surface area is 237 Å². The second-order valence-corrected chi connectivity index (χ2v) is 17.7. The number of nitrogens with zero attached hydrogens (tertiary/aromatic N) is 1. The minimum Gasteiger partial charge on any atom is -0.496 e. The molecule has 0 spiro atoms. The molecule has 10 heteroatoms. The van der Waals surface area contributed by atoms with E-state index in [4.69, 9.17) is 20.8 Å². The lowest BCUT2D eigenvalue weighted by Crippen LogP contribution is -2.68. The lowest BCUT2D eigenvalue weighted by atomic mass is 9.78. The molecule has 39 heavy (non-hydrogen) atoms. The summed E-state index contributed by atoms with van der Waals surface area (Å²) in [4.78, 5) is 27.7. The first kappa shape index (κ1) is 29.5. The number of ether oxygens (including phenoxy) is 1. The summed E-state index contributed by atoms with van der Waals surface area (Å²) in [6, 6.07) is 10.3. The van der Waals surface area contributed by atoms with Crippen LogP contribution in [0.25, 0.3) is 0 Å². The molecule has 8 nitrogen and oxygen atoms in total. The summed E-state index contributed by atoms with van der Waals surface area (Å²) in [7, 11) is 2.95. The van der Waals surface area contributed by atoms with Gasteiger partial charge in [0.1, 0.15) is 18.4 Å². The van der Waals surface area contributed by atoms with Crippen molar-refractivity contribution in [3.8, 4) is 5.75 Å². The number of aliphatic hydroxyl groups excluding tert-OH is 1. The van der Waals surface area contributed by atoms with Crippen molar-refractivity contribution in [1.29, 1.82) is 0 Å². The van der Waals surface area contributed by atoms with Crippen LogP contribution in [0, 0.1) is 0 Å². The van der Waals surface area contributed by atoms with Crippen LogP contribution in [0.3, 0.4) is 0 Å². The van der Waals surface area contributed by atoms with E-state index < -0.39 is 26.0 Å². The molecule has 2 aliphatic rings. The minimum absolute atomic E-state index is 0.0373. The number of aliphatic hydroxyl groups is 1. The molecule has 3 N–H and O–H groups in total. The number of amides is 2. The number of nitrogens with one attached hydrogen (secondary N) is 2. The van der Waals surface area contributed by atoms with Gasteiger partial charge in [-0.25, -0.2) is 0 Å². The van der Waals surface area contributed by atoms with Gasteiger partial charge in [0.15, 0.2) is 14.4 Å². The second-order valence-electron chi connectivity index (χ2n) is 12.4. The molecule has 212 valence electrons. The molecule has 4 rings (SSSR count). The van der Waals surface area contributed by atoms with Crippen LogP contribution in [0.1, 0.15) is 43.9 Å². The first-order chi connectivity index (χ1) is 18.1. The van der Waals surface area contributed by atoms with Gasteiger partial charge in [-0.15, -0.1) is 0 Å². The number of carbonyl (C=O) groups is 2. The molecule has 2 unspecified atom stereocenters. The molecule has 0 saturated carbocycles. The van der Waals surface area contributed by atoms with E-state index in [1.165, 1.54) is 0 Å². The smallest absolute Gasteiger partial charge is 0.295 e. The van der Waals surface area contributed by atoms with Gasteiger partial charge in [0, 0.05) is 18.5 Å². The van der Waals surface area contributed by atoms with E-state index in [0.717, 1.165) is 5.56 Å². The molecule has 4 atom stereocenters. The van der Waals surface area contributed by atoms with E-state index >= 15 is 0 Å². The number of anilines is 1. The average molecular weight is 575 g/mol. The van der Waals surface area contributed by atoms with Crippen LogP contribution in [0.4, 0.5) is 5.69 Å². The minimum atomic E-state index is -2.05. The molecule has 1 saturated heterocycles. The van der Waals surface area contributed by atoms with E-state index in [0.29, 0.717) is 34.2 Å². The van der Waals surface area contributed by atoms with Gasteiger partial charge in [-0.3, -0.25) is 14.1 Å². The van der Waals surface area contributed by atoms with Crippen molar-refractivity contribution < 1.29 is 28.3 Å². The Morgan fingerprint density at radius 1 is 1.23 bits per heavy atom. The van der Waals surface area contributed by atoms with E-state index in [1.54, 1.807) is 32.4 Å². The van der Waals surface area contributed by atoms with E-state index in [9.17, 15) is 14.7 Å². The zero-order valence-electron chi connectivity index (χ0n) is 24.1. The summed E-state index contributed by atoms with van der Waals surface area (Å²) < 4.78 is 12.3. The van der Waals surface area contributed by atoms with Gasteiger partial charge >= 0.3 is 0 Å². The molecule has 0 aromatic heterocycles. The summed E-state index contributed by atoms with van der Waals surface area (Å²) >= 11 is 6.52. The Kier molecular flexibility index (Phi) is 7.72. The topological polar surface area (TPSA) is 96.9 Å². The predicted octanol–water partition coefficient (Wildman–Crippen LogP) is 4.39. The van der Waals surface area contributed by atoms with Gasteiger partial charge in [0.05, 0.1) is 37.6 Å². The number of likely N-dealkylation sites (tertiary alicyclic amines) is 1. The fourth-order valence-electron chi connectivity index (χ4n) is 5.95. The van der Waals surface area contributed by atoms with Crippen LogP contribution in [0.15, 0.2) is 36.4 Å². The normalized spacial score (nSPS) is 26.8. The number of carbonyl (C=O) groups excluding carboxylic acids is 2. The van der Waals surface area contributed by atoms with Gasteiger partial charge in [-0.2, -0.15) is 0 Å². The van der Waals surface area contributed by atoms with Crippen molar-refractivity contribution in [2.75, 3.05) is 33.1 Å². The third-order valence-corrected chi connectivity index (χ3v) is 13.8. The quantitative estimate of drug-likeness (QED) is 0.337. The summed E-state index contributed by atoms with van der Waals surface area (Å²) in [5, 5.41) is 17.2. The maximum absolute atomic E-state index is 14.4. The zero-order chi connectivity index (χ0) is 29.0. The van der Waals surface area contributed by atoms with Gasteiger partial charge in [0.2, 0.25) is 5.54 Å². The number of halogens is 1. The molecular formula is C29H41ClN3O5Si+. The number of rotatable bonds is 7. The van der Waals surface area contributed by atoms with Crippen LogP contribution in [0.5, 0.6) is 5.75 Å². The Morgan fingerprint density at radius 2 is 1.92 bits per heavy atom. The Morgan fingerprint density at radius 3 is 2.54 bits per heavy atom. The lowest BCUT2D eigenvalue weighted by molar-refractivity contribution is -0.953. The van der Waals surface area contributed by atoms with Gasteiger partial charge in [-0.1, -0.05) is 38.4 Å². The fourth-order valence-corrected chi connectivity index (χ4v) is 7.08. The second kappa shape index (κ2) is 10.2. The van der Waals surface area contributed by atoms with Crippen LogP contribution in [-0.2, 0) is 26.2 Å². The molecule has 2 aromatic carbocycles. The molecule has 0 bridgehead atoms. The van der Waals surface area contributed by atoms with Crippen molar-refractivity contribution in [2.45, 2.75) is 69.6 Å². The molecule has 1 fully saturated rings. The summed E-state index contributed by atoms with van der Waals surface area (Å²) in [5.74, 6) is -0.0374. The maximum Gasteiger partial charge on any atom is 0.295 e. The standard InChI is InChI=1S/C29H40ClN3O5Si/c1-28(2,3)39(7,8)38-17-18-9-12-25(37-6)22(13-18)29(21-14-19(30)10-11-23(21)32-27(29)36)33(5)16-20(34)15-24(33)26(35)31-4/h9-14,20,24,34H,15-17H2,1-8H3,(H-,31,32,35,36)/p+1/t20-,24+,29?,33?/m1/s1. The van der Waals surface area contributed by atoms with Crippen molar-refractivity contribution in [3.63, 3.8) is 0 Å². The Balaban J connectivity index is 1.99. The number of methoxy groups -OCH3 is 1. The molecule has 0 radical (unpaired) electrons. The highest BCUT2D eigenvalue weighted by atomic mass is 35.5. The Hall–Kier alpha value is -2.43. The first-order valence-corrected chi connectivity index (χ1v) is 16.6. The van der Waals surface area contributed by atoms with E-state index in [2.05, 4.69) is 44.5 Å². The molecule has 2 amide bonds. The highest BCUT2D eigenvalue weighted by molar-refractivity contribution is 6.74. The van der Waals surface area contributed by atoms with Crippen LogP contribution < -0.4 is 15.4 Å². The van der Waals surface area contributed by atoms with E-state index in [1.807, 2.05) is 25.2 Å². The highest BCUT2D eigenvalue weighted by Gasteiger charge is 2.69. The number of hydrogen-bond donors (Lipinski definition) is 3. The zero-order valence-corrected chi connectivity index (χ0v) is 25.9. The molecular weight excluding hydrogens is 534 g/mol. The van der Waals surface area contributed by atoms with E-state index in [-0.39, 0.29) is 34.3 Å². The van der Waals surface area contributed by atoms with Gasteiger partial charge in [0.25, 0.3) is 11.8 Å². The lowest BCUT2D eigenvalue weighted by Gasteiger charge is -2.48. The van der Waals surface area contributed by atoms with Gasteiger partial charge in [-0.05, 0) is 54.0 Å². The van der Waals surface area contributed by atoms with Crippen molar-refractivity contribution in [2.24, 2.45) is 0 Å². The summed E-state index contributed by atoms with van der Waals surface area (Å²) in [5.41, 5.74) is 1.33. The van der Waals surface area contributed by atoms with Crippen LogP contribution in [0.2, 0.25) is 23.2 Å². The maximum atomic E-state index is 14.4. The third-order valence-electron chi connectivity index (χ3n) is 9.10. The number of quaternary nitrogens is 1. The largest absolute Gasteiger partial charge is 0.496 e. The SMILES string of the molecule is CNC(=O)[C@@H]1C[C@@H](O)C[N+]1(C)C1(c2cc(CO[Si](C)(C)C(C)(C)C)ccc2OC)C(=O)Nc2ccc(Cl)cc21. The molecule has 2 aliphatic heterocycles. The molecule has 2 heterocycles. The molecule has 0 aliphatic carbocycles. The Bertz CT molecular complexity index is 1300. The van der Waals surface area contributed by atoms with Crippen LogP contribution >= 0.6 is 11.6 Å². The van der Waals surface area contributed by atoms with Crippen molar-refractivity contribution in [1.82, 2.24) is 5.32 Å². The molecule has 2 aromatic rings. The van der Waals surface area contributed by atoms with Crippen LogP contribution in [-0.4, -0.2) is 69.6 Å². The fraction of sp³-hybridized carbons (Fsp3) is 0.517. The number of hydrogen-bond acceptors (Lipinski definition) is 5. The first-order valence-electron chi connectivity index (χ1n) is 13.3. The average Bonchev–Trinajstić information content (AvgIpc) is 3.34. The summed E-state index contributed by atoms with van der Waals surface area (Å²) in [6.45, 7) is 11.5. The van der Waals surface area contributed by atoms with Gasteiger partial charge < -0.3 is 24.9 Å². The summed E-state index contributed by atoms with van der Waals surface area (Å²) in [6.07, 6.45) is -0.557. The monoisotopic (exact) mass is 574 g/mol. The number of benzene rings is 2. The number of fused-ring (bicyclic) bond motifs is 1. The third kappa shape index (κ3) is 4.68. The predicted molar refractivity (Wildman–Crippen MR) is 155 cm³/mol. The van der Waals surface area contributed by atoms with Crippen molar-refractivity contribution in [3.05, 3.63) is 58.1 Å². The number of likely N-dealkylation sites (N-methyl/N-ethyl adjacent to an activating group) is 2. The highest BCUT2D eigenvalue weighted by Crippen LogP contribution is 2.55. The van der Waals surface area contributed by atoms with Crippen molar-refractivity contribution >= 4 is 37.4 Å².